The van der Waals surface area contributed by atoms with Crippen LogP contribution in [-0.4, -0.2) is 5.97 Å². The van der Waals surface area contributed by atoms with Crippen molar-refractivity contribution in [3.05, 3.63) is 29.8 Å². The number of carbonyl (C=O) groups is 1. The molecule has 1 atom stereocenters. The van der Waals surface area contributed by atoms with Crippen LogP contribution in [0.3, 0.4) is 0 Å². The number of ether oxygens (including phenoxy) is 1. The second-order valence-electron chi connectivity index (χ2n) is 4.26. The highest BCUT2D eigenvalue weighted by Crippen LogP contribution is 2.44. The lowest BCUT2D eigenvalue weighted by molar-refractivity contribution is -0.131. The standard InChI is InChI=1S/C13H16O2/c1-9(11-7-8-11)12-5-3-4-6-13(12)15-10(2)14/h3-6,9,11H,7-8H2,1-2H3. The maximum absolute atomic E-state index is 11.0. The molecular formula is C13H16O2. The van der Waals surface area contributed by atoms with Gasteiger partial charge in [0.15, 0.2) is 0 Å². The van der Waals surface area contributed by atoms with Crippen LogP contribution in [-0.2, 0) is 4.79 Å². The maximum atomic E-state index is 11.0. The summed E-state index contributed by atoms with van der Waals surface area (Å²) in [6, 6.07) is 7.83. The van der Waals surface area contributed by atoms with E-state index in [9.17, 15) is 4.79 Å². The molecule has 1 saturated carbocycles. The van der Waals surface area contributed by atoms with E-state index in [1.807, 2.05) is 18.2 Å². The Hall–Kier alpha value is -1.31. The smallest absolute Gasteiger partial charge is 0.308 e. The van der Waals surface area contributed by atoms with Crippen molar-refractivity contribution >= 4 is 5.97 Å². The quantitative estimate of drug-likeness (QED) is 0.558. The lowest BCUT2D eigenvalue weighted by Gasteiger charge is -2.14. The average molecular weight is 204 g/mol. The fourth-order valence-corrected chi connectivity index (χ4v) is 1.95. The molecule has 0 saturated heterocycles. The van der Waals surface area contributed by atoms with Crippen molar-refractivity contribution in [1.29, 1.82) is 0 Å². The highest BCUT2D eigenvalue weighted by molar-refractivity contribution is 5.69. The number of rotatable bonds is 3. The van der Waals surface area contributed by atoms with Gasteiger partial charge in [0.2, 0.25) is 0 Å². The monoisotopic (exact) mass is 204 g/mol. The summed E-state index contributed by atoms with van der Waals surface area (Å²) in [5, 5.41) is 0. The number of carbonyl (C=O) groups excluding carboxylic acids is 1. The molecule has 0 bridgehead atoms. The lowest BCUT2D eigenvalue weighted by Crippen LogP contribution is -2.06. The van der Waals surface area contributed by atoms with Gasteiger partial charge in [-0.2, -0.15) is 0 Å². The van der Waals surface area contributed by atoms with Crippen LogP contribution < -0.4 is 4.74 Å². The van der Waals surface area contributed by atoms with Crippen molar-refractivity contribution in [3.8, 4) is 5.75 Å². The van der Waals surface area contributed by atoms with E-state index in [4.69, 9.17) is 4.74 Å². The van der Waals surface area contributed by atoms with Gasteiger partial charge in [-0.15, -0.1) is 0 Å². The summed E-state index contributed by atoms with van der Waals surface area (Å²) in [5.74, 6) is 1.76. The largest absolute Gasteiger partial charge is 0.426 e. The maximum Gasteiger partial charge on any atom is 0.308 e. The Kier molecular flexibility index (Phi) is 2.76. The molecule has 2 rings (SSSR count). The highest BCUT2D eigenvalue weighted by atomic mass is 16.5. The van der Waals surface area contributed by atoms with Gasteiger partial charge in [-0.3, -0.25) is 4.79 Å². The van der Waals surface area contributed by atoms with Crippen LogP contribution >= 0.6 is 0 Å². The van der Waals surface area contributed by atoms with E-state index in [0.717, 1.165) is 17.2 Å². The Morgan fingerprint density at radius 2 is 2.07 bits per heavy atom. The predicted molar refractivity (Wildman–Crippen MR) is 58.9 cm³/mol. The van der Waals surface area contributed by atoms with Crippen molar-refractivity contribution < 1.29 is 9.53 Å². The minimum atomic E-state index is -0.245. The van der Waals surface area contributed by atoms with Crippen LogP contribution in [0.5, 0.6) is 5.75 Å². The Labute approximate surface area is 90.3 Å². The van der Waals surface area contributed by atoms with E-state index in [-0.39, 0.29) is 5.97 Å². The third-order valence-electron chi connectivity index (χ3n) is 2.99. The SMILES string of the molecule is CC(=O)Oc1ccccc1C(C)C1CC1. The summed E-state index contributed by atoms with van der Waals surface area (Å²) in [7, 11) is 0. The third-order valence-corrected chi connectivity index (χ3v) is 2.99. The van der Waals surface area contributed by atoms with Crippen LogP contribution in [0.2, 0.25) is 0 Å². The zero-order chi connectivity index (χ0) is 10.8. The Balaban J connectivity index is 2.23. The first-order chi connectivity index (χ1) is 7.18. The molecule has 0 radical (unpaired) electrons. The summed E-state index contributed by atoms with van der Waals surface area (Å²) in [5.41, 5.74) is 1.16. The predicted octanol–water partition coefficient (Wildman–Crippen LogP) is 3.13. The van der Waals surface area contributed by atoms with Crippen molar-refractivity contribution in [3.63, 3.8) is 0 Å². The molecule has 0 aliphatic heterocycles. The van der Waals surface area contributed by atoms with E-state index in [0.29, 0.717) is 5.92 Å². The summed E-state index contributed by atoms with van der Waals surface area (Å²) in [6.45, 7) is 3.65. The Morgan fingerprint density at radius 1 is 1.40 bits per heavy atom. The molecule has 2 nitrogen and oxygen atoms in total. The number of benzene rings is 1. The number of hydrogen-bond acceptors (Lipinski definition) is 2. The second-order valence-corrected chi connectivity index (χ2v) is 4.26. The molecule has 1 unspecified atom stereocenters. The van der Waals surface area contributed by atoms with Gasteiger partial charge in [-0.25, -0.2) is 0 Å². The van der Waals surface area contributed by atoms with Gasteiger partial charge in [0.1, 0.15) is 5.75 Å². The van der Waals surface area contributed by atoms with Gasteiger partial charge < -0.3 is 4.74 Å². The molecule has 0 aromatic heterocycles. The average Bonchev–Trinajstić information content (AvgIpc) is 3.00. The normalized spacial score (nSPS) is 17.2. The van der Waals surface area contributed by atoms with Gasteiger partial charge in [-0.1, -0.05) is 25.1 Å². The molecule has 0 amide bonds. The van der Waals surface area contributed by atoms with E-state index >= 15 is 0 Å². The van der Waals surface area contributed by atoms with Crippen LogP contribution in [0.25, 0.3) is 0 Å². The van der Waals surface area contributed by atoms with Crippen molar-refractivity contribution in [2.75, 3.05) is 0 Å². The molecule has 80 valence electrons. The van der Waals surface area contributed by atoms with E-state index in [2.05, 4.69) is 13.0 Å². The Bertz CT molecular complexity index is 367. The van der Waals surface area contributed by atoms with Crippen LogP contribution in [0.4, 0.5) is 0 Å². The van der Waals surface area contributed by atoms with Crippen molar-refractivity contribution in [2.45, 2.75) is 32.6 Å². The molecule has 15 heavy (non-hydrogen) atoms. The fourth-order valence-electron chi connectivity index (χ4n) is 1.95. The number of para-hydroxylation sites is 1. The summed E-state index contributed by atoms with van der Waals surface area (Å²) in [4.78, 5) is 11.0. The first-order valence-corrected chi connectivity index (χ1v) is 5.46. The Morgan fingerprint density at radius 3 is 2.67 bits per heavy atom. The molecule has 0 heterocycles. The van der Waals surface area contributed by atoms with E-state index < -0.39 is 0 Å². The van der Waals surface area contributed by atoms with Gasteiger partial charge in [0, 0.05) is 6.92 Å². The van der Waals surface area contributed by atoms with Gasteiger partial charge in [-0.05, 0) is 36.3 Å². The molecule has 1 aliphatic carbocycles. The van der Waals surface area contributed by atoms with Gasteiger partial charge in [0.25, 0.3) is 0 Å². The molecular weight excluding hydrogens is 188 g/mol. The topological polar surface area (TPSA) is 26.3 Å². The summed E-state index contributed by atoms with van der Waals surface area (Å²) >= 11 is 0. The first kappa shape index (κ1) is 10.2. The lowest BCUT2D eigenvalue weighted by atomic mass is 9.95. The molecule has 0 spiro atoms. The molecule has 1 aromatic carbocycles. The summed E-state index contributed by atoms with van der Waals surface area (Å²) in [6.07, 6.45) is 2.60. The van der Waals surface area contributed by atoms with Crippen LogP contribution in [0.1, 0.15) is 38.2 Å². The second kappa shape index (κ2) is 4.05. The third kappa shape index (κ3) is 2.38. The highest BCUT2D eigenvalue weighted by Gasteiger charge is 2.30. The molecule has 2 heteroatoms. The van der Waals surface area contributed by atoms with E-state index in [1.165, 1.54) is 19.8 Å². The first-order valence-electron chi connectivity index (χ1n) is 5.46. The van der Waals surface area contributed by atoms with Crippen molar-refractivity contribution in [2.24, 2.45) is 5.92 Å². The zero-order valence-corrected chi connectivity index (χ0v) is 9.19. The summed E-state index contributed by atoms with van der Waals surface area (Å²) < 4.78 is 5.21. The fraction of sp³-hybridized carbons (Fsp3) is 0.462. The molecule has 1 aliphatic rings. The molecule has 1 fully saturated rings. The number of esters is 1. The minimum absolute atomic E-state index is 0.245. The molecule has 1 aromatic rings. The van der Waals surface area contributed by atoms with E-state index in [1.54, 1.807) is 0 Å². The zero-order valence-electron chi connectivity index (χ0n) is 9.19. The van der Waals surface area contributed by atoms with Crippen LogP contribution in [0.15, 0.2) is 24.3 Å². The van der Waals surface area contributed by atoms with Crippen molar-refractivity contribution in [1.82, 2.24) is 0 Å². The van der Waals surface area contributed by atoms with Crippen LogP contribution in [0, 0.1) is 5.92 Å². The van der Waals surface area contributed by atoms with Gasteiger partial charge >= 0.3 is 5.97 Å². The number of hydrogen-bond donors (Lipinski definition) is 0. The van der Waals surface area contributed by atoms with Gasteiger partial charge in [0.05, 0.1) is 0 Å². The minimum Gasteiger partial charge on any atom is -0.426 e. The molecule has 0 N–H and O–H groups in total.